The van der Waals surface area contributed by atoms with Gasteiger partial charge in [0, 0.05) is 13.0 Å². The van der Waals surface area contributed by atoms with Gasteiger partial charge in [0.1, 0.15) is 0 Å². The molecule has 1 heterocycles. The lowest BCUT2D eigenvalue weighted by Gasteiger charge is -2.28. The Balaban J connectivity index is 1.54. The van der Waals surface area contributed by atoms with E-state index in [2.05, 4.69) is 46.6 Å². The molecular weight excluding hydrogens is 296 g/mol. The van der Waals surface area contributed by atoms with Crippen LogP contribution in [0.5, 0.6) is 0 Å². The van der Waals surface area contributed by atoms with Crippen molar-refractivity contribution in [3.63, 3.8) is 0 Å². The number of carbonyl (C=O) groups excluding carboxylic acids is 1. The second-order valence-electron chi connectivity index (χ2n) is 6.46. The Morgan fingerprint density at radius 1 is 0.958 bits per heavy atom. The predicted molar refractivity (Wildman–Crippen MR) is 97.8 cm³/mol. The largest absolute Gasteiger partial charge is 0.354 e. The number of hydrogen-bond donors (Lipinski definition) is 1. The SMILES string of the molecule is O=C(CCc1ccccc1)NCC(c1ccccc1)N1CCCC1. The molecule has 1 N–H and O–H groups in total. The van der Waals surface area contributed by atoms with E-state index in [1.165, 1.54) is 24.0 Å². The molecule has 1 aliphatic heterocycles. The summed E-state index contributed by atoms with van der Waals surface area (Å²) < 4.78 is 0. The lowest BCUT2D eigenvalue weighted by Crippen LogP contribution is -2.36. The number of hydrogen-bond acceptors (Lipinski definition) is 2. The molecule has 126 valence electrons. The van der Waals surface area contributed by atoms with Gasteiger partial charge in [-0.15, -0.1) is 0 Å². The van der Waals surface area contributed by atoms with E-state index in [9.17, 15) is 4.79 Å². The normalized spacial score (nSPS) is 16.0. The standard InChI is InChI=1S/C21H26N2O/c24-21(14-13-18-9-3-1-4-10-18)22-17-20(23-15-7-8-16-23)19-11-5-2-6-12-19/h1-6,9-12,20H,7-8,13-17H2,(H,22,24). The summed E-state index contributed by atoms with van der Waals surface area (Å²) in [5.41, 5.74) is 2.51. The molecule has 1 fully saturated rings. The first-order chi connectivity index (χ1) is 11.8. The quantitative estimate of drug-likeness (QED) is 0.845. The first kappa shape index (κ1) is 16.7. The van der Waals surface area contributed by atoms with E-state index in [-0.39, 0.29) is 11.9 Å². The molecule has 0 aromatic heterocycles. The van der Waals surface area contributed by atoms with Gasteiger partial charge in [0.15, 0.2) is 0 Å². The molecule has 1 aliphatic rings. The molecule has 0 aliphatic carbocycles. The number of amides is 1. The molecule has 2 aromatic carbocycles. The van der Waals surface area contributed by atoms with Crippen LogP contribution >= 0.6 is 0 Å². The molecule has 0 bridgehead atoms. The number of nitrogens with one attached hydrogen (secondary N) is 1. The summed E-state index contributed by atoms with van der Waals surface area (Å²) in [6.45, 7) is 2.94. The number of nitrogens with zero attached hydrogens (tertiary/aromatic N) is 1. The van der Waals surface area contributed by atoms with Crippen molar-refractivity contribution in [3.05, 3.63) is 71.8 Å². The van der Waals surface area contributed by atoms with Gasteiger partial charge in [-0.05, 0) is 43.5 Å². The van der Waals surface area contributed by atoms with Crippen molar-refractivity contribution in [1.82, 2.24) is 10.2 Å². The fourth-order valence-electron chi connectivity index (χ4n) is 3.39. The summed E-state index contributed by atoms with van der Waals surface area (Å²) in [5.74, 6) is 0.138. The Bertz CT molecular complexity index is 621. The van der Waals surface area contributed by atoms with Gasteiger partial charge >= 0.3 is 0 Å². The topological polar surface area (TPSA) is 32.3 Å². The molecule has 1 saturated heterocycles. The molecule has 1 unspecified atom stereocenters. The van der Waals surface area contributed by atoms with Gasteiger partial charge in [0.05, 0.1) is 6.04 Å². The van der Waals surface area contributed by atoms with Crippen LogP contribution in [0.15, 0.2) is 60.7 Å². The molecule has 1 amide bonds. The van der Waals surface area contributed by atoms with Crippen LogP contribution in [0.3, 0.4) is 0 Å². The molecule has 24 heavy (non-hydrogen) atoms. The predicted octanol–water partition coefficient (Wildman–Crippen LogP) is 3.57. The summed E-state index contributed by atoms with van der Waals surface area (Å²) >= 11 is 0. The van der Waals surface area contributed by atoms with E-state index >= 15 is 0 Å². The third-order valence-corrected chi connectivity index (χ3v) is 4.74. The van der Waals surface area contributed by atoms with Crippen molar-refractivity contribution < 1.29 is 4.79 Å². The molecule has 2 aromatic rings. The van der Waals surface area contributed by atoms with Crippen molar-refractivity contribution in [2.45, 2.75) is 31.7 Å². The monoisotopic (exact) mass is 322 g/mol. The van der Waals surface area contributed by atoms with Crippen LogP contribution in [0, 0.1) is 0 Å². The van der Waals surface area contributed by atoms with E-state index in [1.807, 2.05) is 24.3 Å². The second kappa shape index (κ2) is 8.65. The van der Waals surface area contributed by atoms with Crippen LogP contribution in [0.1, 0.15) is 36.4 Å². The van der Waals surface area contributed by atoms with Crippen molar-refractivity contribution >= 4 is 5.91 Å². The molecule has 0 radical (unpaired) electrons. The van der Waals surface area contributed by atoms with Gasteiger partial charge in [-0.25, -0.2) is 0 Å². The Morgan fingerprint density at radius 2 is 1.58 bits per heavy atom. The molecular formula is C21H26N2O. The van der Waals surface area contributed by atoms with E-state index in [4.69, 9.17) is 0 Å². The fourth-order valence-corrected chi connectivity index (χ4v) is 3.39. The summed E-state index contributed by atoms with van der Waals surface area (Å²) in [5, 5.41) is 3.15. The van der Waals surface area contributed by atoms with Crippen molar-refractivity contribution in [2.24, 2.45) is 0 Å². The average molecular weight is 322 g/mol. The summed E-state index contributed by atoms with van der Waals surface area (Å²) in [6, 6.07) is 21.0. The van der Waals surface area contributed by atoms with E-state index < -0.39 is 0 Å². The zero-order chi connectivity index (χ0) is 16.6. The maximum absolute atomic E-state index is 12.2. The van der Waals surface area contributed by atoms with Crippen molar-refractivity contribution in [1.29, 1.82) is 0 Å². The zero-order valence-corrected chi connectivity index (χ0v) is 14.2. The third-order valence-electron chi connectivity index (χ3n) is 4.74. The average Bonchev–Trinajstić information content (AvgIpc) is 3.16. The highest BCUT2D eigenvalue weighted by molar-refractivity contribution is 5.76. The maximum Gasteiger partial charge on any atom is 0.220 e. The number of aryl methyl sites for hydroxylation is 1. The van der Waals surface area contributed by atoms with Crippen LogP contribution in [0.25, 0.3) is 0 Å². The van der Waals surface area contributed by atoms with Crippen LogP contribution in [0.2, 0.25) is 0 Å². The summed E-state index contributed by atoms with van der Waals surface area (Å²) in [6.07, 6.45) is 3.86. The zero-order valence-electron chi connectivity index (χ0n) is 14.2. The Kier molecular flexibility index (Phi) is 6.02. The molecule has 0 saturated carbocycles. The Labute approximate surface area is 144 Å². The van der Waals surface area contributed by atoms with Crippen molar-refractivity contribution in [2.75, 3.05) is 19.6 Å². The highest BCUT2D eigenvalue weighted by atomic mass is 16.1. The molecule has 3 heteroatoms. The number of carbonyl (C=O) groups is 1. The van der Waals surface area contributed by atoms with Crippen LogP contribution < -0.4 is 5.32 Å². The number of rotatable bonds is 7. The molecule has 3 nitrogen and oxygen atoms in total. The Hall–Kier alpha value is -2.13. The summed E-state index contributed by atoms with van der Waals surface area (Å²) in [4.78, 5) is 14.7. The van der Waals surface area contributed by atoms with Gasteiger partial charge < -0.3 is 5.32 Å². The fraction of sp³-hybridized carbons (Fsp3) is 0.381. The van der Waals surface area contributed by atoms with E-state index in [0.717, 1.165) is 19.5 Å². The van der Waals surface area contributed by atoms with E-state index in [0.29, 0.717) is 13.0 Å². The highest BCUT2D eigenvalue weighted by Gasteiger charge is 2.23. The van der Waals surface area contributed by atoms with Crippen LogP contribution in [-0.4, -0.2) is 30.4 Å². The van der Waals surface area contributed by atoms with Crippen LogP contribution in [0.4, 0.5) is 0 Å². The molecule has 1 atom stereocenters. The van der Waals surface area contributed by atoms with Crippen molar-refractivity contribution in [3.8, 4) is 0 Å². The van der Waals surface area contributed by atoms with Gasteiger partial charge in [0.25, 0.3) is 0 Å². The maximum atomic E-state index is 12.2. The van der Waals surface area contributed by atoms with Gasteiger partial charge in [-0.1, -0.05) is 60.7 Å². The molecule has 0 spiro atoms. The highest BCUT2D eigenvalue weighted by Crippen LogP contribution is 2.24. The minimum absolute atomic E-state index is 0.138. The lowest BCUT2D eigenvalue weighted by atomic mass is 10.1. The lowest BCUT2D eigenvalue weighted by molar-refractivity contribution is -0.121. The first-order valence-corrected chi connectivity index (χ1v) is 8.92. The number of benzene rings is 2. The smallest absolute Gasteiger partial charge is 0.220 e. The van der Waals surface area contributed by atoms with Gasteiger partial charge in [-0.3, -0.25) is 9.69 Å². The van der Waals surface area contributed by atoms with E-state index in [1.54, 1.807) is 0 Å². The summed E-state index contributed by atoms with van der Waals surface area (Å²) in [7, 11) is 0. The van der Waals surface area contributed by atoms with Gasteiger partial charge in [-0.2, -0.15) is 0 Å². The minimum Gasteiger partial charge on any atom is -0.354 e. The number of likely N-dealkylation sites (tertiary alicyclic amines) is 1. The molecule has 3 rings (SSSR count). The first-order valence-electron chi connectivity index (χ1n) is 8.92. The second-order valence-corrected chi connectivity index (χ2v) is 6.46. The minimum atomic E-state index is 0.138. The van der Waals surface area contributed by atoms with Crippen LogP contribution in [-0.2, 0) is 11.2 Å². The van der Waals surface area contributed by atoms with Gasteiger partial charge in [0.2, 0.25) is 5.91 Å². The Morgan fingerprint density at radius 3 is 2.25 bits per heavy atom. The third kappa shape index (κ3) is 4.68.